The number of benzene rings is 3. The van der Waals surface area contributed by atoms with Crippen LogP contribution < -0.4 is 14.4 Å². The van der Waals surface area contributed by atoms with Gasteiger partial charge in [-0.2, -0.15) is 0 Å². The van der Waals surface area contributed by atoms with E-state index in [1.165, 1.54) is 17.0 Å². The van der Waals surface area contributed by atoms with Crippen LogP contribution in [0, 0.1) is 13.8 Å². The number of nitrogens with zero attached hydrogens (tertiary/aromatic N) is 2. The van der Waals surface area contributed by atoms with Crippen LogP contribution in [0.1, 0.15) is 55.7 Å². The molecule has 2 amide bonds. The van der Waals surface area contributed by atoms with Gasteiger partial charge in [-0.25, -0.2) is 8.42 Å². The average Bonchev–Trinajstić information content (AvgIpc) is 3.00. The molecule has 3 aromatic carbocycles. The third-order valence-corrected chi connectivity index (χ3v) is 10.1. The molecule has 10 heteroatoms. The van der Waals surface area contributed by atoms with Gasteiger partial charge in [0.25, 0.3) is 10.0 Å². The minimum atomic E-state index is -4.17. The summed E-state index contributed by atoms with van der Waals surface area (Å²) in [5, 5.41) is 3.49. The summed E-state index contributed by atoms with van der Waals surface area (Å²) in [7, 11) is -2.62. The number of ether oxygens (including phenoxy) is 1. The minimum Gasteiger partial charge on any atom is -0.497 e. The van der Waals surface area contributed by atoms with Crippen LogP contribution in [0.3, 0.4) is 0 Å². The third-order valence-electron chi connectivity index (χ3n) is 7.94. The van der Waals surface area contributed by atoms with Gasteiger partial charge in [-0.05, 0) is 81.1 Å². The molecule has 0 saturated heterocycles. The number of rotatable bonds is 11. The number of hydrogen-bond donors (Lipinski definition) is 1. The number of anilines is 1. The third kappa shape index (κ3) is 8.09. The molecule has 0 aliphatic heterocycles. The van der Waals surface area contributed by atoms with Crippen molar-refractivity contribution in [1.29, 1.82) is 0 Å². The second-order valence-corrected chi connectivity index (χ2v) is 13.4. The fourth-order valence-electron chi connectivity index (χ4n) is 5.22. The molecule has 3 aromatic rings. The highest BCUT2D eigenvalue weighted by Crippen LogP contribution is 2.29. The monoisotopic (exact) mass is 625 g/mol. The summed E-state index contributed by atoms with van der Waals surface area (Å²) in [4.78, 5) is 29.1. The fraction of sp³-hybridized carbons (Fsp3) is 0.394. The summed E-state index contributed by atoms with van der Waals surface area (Å²) in [6.45, 7) is 4.92. The van der Waals surface area contributed by atoms with Gasteiger partial charge in [0.15, 0.2) is 0 Å². The Kier molecular flexibility index (Phi) is 10.7. The summed E-state index contributed by atoms with van der Waals surface area (Å²) in [6.07, 6.45) is 5.06. The Bertz CT molecular complexity index is 1540. The van der Waals surface area contributed by atoms with Crippen LogP contribution in [0.4, 0.5) is 5.69 Å². The lowest BCUT2D eigenvalue weighted by atomic mass is 9.95. The van der Waals surface area contributed by atoms with E-state index in [9.17, 15) is 18.0 Å². The van der Waals surface area contributed by atoms with Crippen molar-refractivity contribution in [1.82, 2.24) is 10.2 Å². The molecule has 1 aliphatic carbocycles. The Labute approximate surface area is 260 Å². The first kappa shape index (κ1) is 32.4. The maximum atomic E-state index is 14.2. The number of nitrogens with one attached hydrogen (secondary N) is 1. The summed E-state index contributed by atoms with van der Waals surface area (Å²) >= 11 is 6.41. The Balaban J connectivity index is 1.70. The van der Waals surface area contributed by atoms with E-state index in [0.29, 0.717) is 10.8 Å². The summed E-state index contributed by atoms with van der Waals surface area (Å²) < 4.78 is 34.5. The Morgan fingerprint density at radius 2 is 1.70 bits per heavy atom. The maximum absolute atomic E-state index is 14.2. The van der Waals surface area contributed by atoms with Crippen LogP contribution in [0.15, 0.2) is 71.6 Å². The van der Waals surface area contributed by atoms with Crippen LogP contribution in [0.25, 0.3) is 0 Å². The molecule has 1 fully saturated rings. The maximum Gasteiger partial charge on any atom is 0.264 e. The highest BCUT2D eigenvalue weighted by atomic mass is 35.5. The molecule has 1 atom stereocenters. The Hall–Kier alpha value is -3.56. The molecule has 1 saturated carbocycles. The van der Waals surface area contributed by atoms with E-state index in [-0.39, 0.29) is 29.1 Å². The molecule has 0 aromatic heterocycles. The van der Waals surface area contributed by atoms with Crippen molar-refractivity contribution >= 4 is 39.1 Å². The standard InChI is InChI=1S/C33H40ClN3O5S/c1-23-13-17-30(18-14-23)43(40,41)37(28-16-15-24(2)31(34)20-28)22-32(38)36(21-26-9-8-12-29(19-26)42-4)25(3)33(39)35-27-10-6-5-7-11-27/h8-9,12-20,25,27H,5-7,10-11,21-22H2,1-4H3,(H,35,39)/t25-/m1/s1. The second kappa shape index (κ2) is 14.3. The van der Waals surface area contributed by atoms with Gasteiger partial charge >= 0.3 is 0 Å². The number of amides is 2. The van der Waals surface area contributed by atoms with Crippen molar-refractivity contribution in [2.45, 2.75) is 76.4 Å². The van der Waals surface area contributed by atoms with E-state index in [0.717, 1.165) is 53.1 Å². The zero-order chi connectivity index (χ0) is 31.1. The lowest BCUT2D eigenvalue weighted by Crippen LogP contribution is -2.53. The predicted molar refractivity (Wildman–Crippen MR) is 170 cm³/mol. The zero-order valence-electron chi connectivity index (χ0n) is 25.2. The van der Waals surface area contributed by atoms with Gasteiger partial charge in [0.05, 0.1) is 17.7 Å². The zero-order valence-corrected chi connectivity index (χ0v) is 26.7. The lowest BCUT2D eigenvalue weighted by molar-refractivity contribution is -0.139. The molecule has 1 N–H and O–H groups in total. The van der Waals surface area contributed by atoms with Gasteiger partial charge in [0.2, 0.25) is 11.8 Å². The van der Waals surface area contributed by atoms with Gasteiger partial charge in [0, 0.05) is 17.6 Å². The molecule has 43 heavy (non-hydrogen) atoms. The van der Waals surface area contributed by atoms with Crippen molar-refractivity contribution in [3.63, 3.8) is 0 Å². The summed E-state index contributed by atoms with van der Waals surface area (Å²) in [5.74, 6) is -0.182. The number of methoxy groups -OCH3 is 1. The van der Waals surface area contributed by atoms with Crippen LogP contribution in [0.5, 0.6) is 5.75 Å². The van der Waals surface area contributed by atoms with Crippen LogP contribution in [-0.4, -0.2) is 50.9 Å². The fourth-order valence-corrected chi connectivity index (χ4v) is 6.80. The van der Waals surface area contributed by atoms with E-state index in [1.54, 1.807) is 56.5 Å². The summed E-state index contributed by atoms with van der Waals surface area (Å²) in [5.41, 5.74) is 2.68. The smallest absolute Gasteiger partial charge is 0.264 e. The van der Waals surface area contributed by atoms with Crippen molar-refractivity contribution < 1.29 is 22.7 Å². The van der Waals surface area contributed by atoms with E-state index < -0.39 is 28.5 Å². The van der Waals surface area contributed by atoms with E-state index in [4.69, 9.17) is 16.3 Å². The quantitative estimate of drug-likeness (QED) is 0.281. The topological polar surface area (TPSA) is 96.0 Å². The van der Waals surface area contributed by atoms with Crippen molar-refractivity contribution in [3.05, 3.63) is 88.4 Å². The molecule has 0 heterocycles. The number of sulfonamides is 1. The minimum absolute atomic E-state index is 0.0463. The highest BCUT2D eigenvalue weighted by Gasteiger charge is 2.33. The molecule has 4 rings (SSSR count). The molecule has 1 aliphatic rings. The Morgan fingerprint density at radius 3 is 2.35 bits per heavy atom. The number of aryl methyl sites for hydroxylation is 2. The molecular formula is C33H40ClN3O5S. The number of carbonyl (C=O) groups is 2. The lowest BCUT2D eigenvalue weighted by Gasteiger charge is -2.33. The molecule has 0 radical (unpaired) electrons. The van der Waals surface area contributed by atoms with Crippen LogP contribution in [-0.2, 0) is 26.2 Å². The van der Waals surface area contributed by atoms with Gasteiger partial charge in [-0.1, -0.05) is 66.8 Å². The van der Waals surface area contributed by atoms with Gasteiger partial charge in [-0.3, -0.25) is 13.9 Å². The number of carbonyl (C=O) groups excluding carboxylic acids is 2. The van der Waals surface area contributed by atoms with Gasteiger partial charge in [-0.15, -0.1) is 0 Å². The first-order chi connectivity index (χ1) is 20.5. The molecular weight excluding hydrogens is 586 g/mol. The largest absolute Gasteiger partial charge is 0.497 e. The SMILES string of the molecule is COc1cccc(CN(C(=O)CN(c2ccc(C)c(Cl)c2)S(=O)(=O)c2ccc(C)cc2)[C@H](C)C(=O)NC2CCCCC2)c1. The van der Waals surface area contributed by atoms with Crippen LogP contribution >= 0.6 is 11.6 Å². The molecule has 0 spiro atoms. The molecule has 0 bridgehead atoms. The molecule has 0 unspecified atom stereocenters. The highest BCUT2D eigenvalue weighted by molar-refractivity contribution is 7.92. The molecule has 230 valence electrons. The summed E-state index contributed by atoms with van der Waals surface area (Å²) in [6, 6.07) is 17.8. The van der Waals surface area contributed by atoms with Gasteiger partial charge < -0.3 is 15.0 Å². The second-order valence-electron chi connectivity index (χ2n) is 11.2. The van der Waals surface area contributed by atoms with Crippen molar-refractivity contribution in [3.8, 4) is 5.75 Å². The van der Waals surface area contributed by atoms with E-state index >= 15 is 0 Å². The van der Waals surface area contributed by atoms with E-state index in [2.05, 4.69) is 5.32 Å². The number of hydrogen-bond acceptors (Lipinski definition) is 5. The Morgan fingerprint density at radius 1 is 1.00 bits per heavy atom. The van der Waals surface area contributed by atoms with Crippen LogP contribution in [0.2, 0.25) is 5.02 Å². The predicted octanol–water partition coefficient (Wildman–Crippen LogP) is 6.03. The first-order valence-electron chi connectivity index (χ1n) is 14.6. The molecule has 8 nitrogen and oxygen atoms in total. The van der Waals surface area contributed by atoms with Crippen molar-refractivity contribution in [2.75, 3.05) is 18.0 Å². The number of halogens is 1. The normalized spacial score (nSPS) is 14.5. The van der Waals surface area contributed by atoms with Crippen molar-refractivity contribution in [2.24, 2.45) is 0 Å². The average molecular weight is 626 g/mol. The first-order valence-corrected chi connectivity index (χ1v) is 16.4. The van der Waals surface area contributed by atoms with E-state index in [1.807, 2.05) is 26.0 Å². The van der Waals surface area contributed by atoms with Gasteiger partial charge in [0.1, 0.15) is 18.3 Å².